The van der Waals surface area contributed by atoms with E-state index in [2.05, 4.69) is 4.98 Å². The molecule has 3 aromatic rings. The highest BCUT2D eigenvalue weighted by atomic mass is 127. The minimum atomic E-state index is -6.59. The lowest BCUT2D eigenvalue weighted by atomic mass is 9.94. The predicted octanol–water partition coefficient (Wildman–Crippen LogP) is 7.78. The predicted molar refractivity (Wildman–Crippen MR) is 116 cm³/mol. The molecule has 0 bridgehead atoms. The van der Waals surface area contributed by atoms with Crippen LogP contribution >= 0.6 is 34.4 Å². The largest absolute Gasteiger partial charge is 0.446 e. The van der Waals surface area contributed by atoms with Crippen molar-refractivity contribution in [2.75, 3.05) is 5.06 Å². The minimum Gasteiger partial charge on any atom is -0.281 e. The Morgan fingerprint density at radius 3 is 2.08 bits per heavy atom. The fourth-order valence-corrected chi connectivity index (χ4v) is 4.86. The third-order valence-electron chi connectivity index (χ3n) is 4.69. The summed E-state index contributed by atoms with van der Waals surface area (Å²) in [6.07, 6.45) is -11.8. The number of nitrogens with zero attached hydrogens (tertiary/aromatic N) is 2. The van der Waals surface area contributed by atoms with Crippen LogP contribution in [0.5, 0.6) is 0 Å². The molecule has 0 spiro atoms. The minimum absolute atomic E-state index is 0.0459. The van der Waals surface area contributed by atoms with Gasteiger partial charge in [0.2, 0.25) is 0 Å². The number of hydroxylamine groups is 1. The number of anilines is 1. The van der Waals surface area contributed by atoms with Gasteiger partial charge >= 0.3 is 23.5 Å². The number of benzene rings is 2. The lowest BCUT2D eigenvalue weighted by molar-refractivity contribution is -0.348. The van der Waals surface area contributed by atoms with Gasteiger partial charge in [0.05, 0.1) is 5.52 Å². The Hall–Kier alpha value is -2.34. The molecule has 0 radical (unpaired) electrons. The molecule has 2 aromatic carbocycles. The van der Waals surface area contributed by atoms with Crippen LogP contribution in [0.4, 0.5) is 49.6 Å². The first kappa shape index (κ1) is 28.2. The van der Waals surface area contributed by atoms with Gasteiger partial charge in [-0.05, 0) is 64.7 Å². The quantitative estimate of drug-likeness (QED) is 0.102. The normalized spacial score (nSPS) is 13.2. The van der Waals surface area contributed by atoms with Crippen LogP contribution in [-0.4, -0.2) is 34.0 Å². The van der Waals surface area contributed by atoms with Gasteiger partial charge in [-0.1, -0.05) is 12.1 Å². The molecule has 0 aliphatic rings. The van der Waals surface area contributed by atoms with Gasteiger partial charge in [-0.25, -0.2) is 4.39 Å². The van der Waals surface area contributed by atoms with E-state index < -0.39 is 60.9 Å². The average Bonchev–Trinajstić information content (AvgIpc) is 2.74. The van der Waals surface area contributed by atoms with Gasteiger partial charge in [-0.3, -0.25) is 15.0 Å². The summed E-state index contributed by atoms with van der Waals surface area (Å²) in [5.41, 5.74) is -14.7. The summed E-state index contributed by atoms with van der Waals surface area (Å²) in [7, 11) is 0. The van der Waals surface area contributed by atoms with Crippen LogP contribution in [0.15, 0.2) is 53.6 Å². The highest BCUT2D eigenvalue weighted by Crippen LogP contribution is 2.55. The maximum absolute atomic E-state index is 14.5. The van der Waals surface area contributed by atoms with Crippen LogP contribution in [0.2, 0.25) is 0 Å². The topological polar surface area (TPSA) is 53.4 Å². The molecular formula is C20H9F10IN2O2S. The van der Waals surface area contributed by atoms with E-state index in [9.17, 15) is 53.9 Å². The maximum Gasteiger partial charge on any atom is 0.446 e. The third-order valence-corrected chi connectivity index (χ3v) is 6.28. The number of alkyl halides is 10. The van der Waals surface area contributed by atoms with E-state index in [0.717, 1.165) is 34.7 Å². The van der Waals surface area contributed by atoms with Crippen LogP contribution in [0.25, 0.3) is 10.9 Å². The van der Waals surface area contributed by atoms with E-state index in [4.69, 9.17) is 0 Å². The average molecular weight is 658 g/mol. The van der Waals surface area contributed by atoms with Gasteiger partial charge in [0.1, 0.15) is 5.69 Å². The van der Waals surface area contributed by atoms with Crippen molar-refractivity contribution >= 4 is 56.9 Å². The molecule has 0 aliphatic carbocycles. The van der Waals surface area contributed by atoms with Crippen molar-refractivity contribution in [1.82, 2.24) is 4.98 Å². The van der Waals surface area contributed by atoms with Crippen LogP contribution in [0, 0.1) is 3.57 Å². The second-order valence-corrected chi connectivity index (χ2v) is 9.30. The summed E-state index contributed by atoms with van der Waals surface area (Å²) < 4.78 is 132. The van der Waals surface area contributed by atoms with Crippen LogP contribution in [0.1, 0.15) is 15.9 Å². The number of carbonyl (C=O) groups is 1. The standard InChI is InChI=1S/C20H9F10IN2O2S/c21-17(18(22,23)24,19(25,26)27)11-7-12(31)15(14(8-11)36-20(28,29)30)33(35)16(34)10-4-3-9-2-1-5-32-13(9)6-10/h1-8,35H. The van der Waals surface area contributed by atoms with E-state index >= 15 is 0 Å². The first-order chi connectivity index (χ1) is 16.4. The molecule has 3 rings (SSSR count). The number of pyridine rings is 1. The fourth-order valence-electron chi connectivity index (χ4n) is 3.09. The zero-order valence-corrected chi connectivity index (χ0v) is 19.9. The molecule has 194 valence electrons. The highest BCUT2D eigenvalue weighted by molar-refractivity contribution is 14.1. The lowest BCUT2D eigenvalue weighted by Crippen LogP contribution is -2.50. The Kier molecular flexibility index (Phi) is 7.46. The van der Waals surface area contributed by atoms with E-state index in [1.165, 1.54) is 12.3 Å². The number of rotatable bonds is 4. The molecule has 36 heavy (non-hydrogen) atoms. The first-order valence-electron chi connectivity index (χ1n) is 9.17. The summed E-state index contributed by atoms with van der Waals surface area (Å²) in [6.45, 7) is 0. The van der Waals surface area contributed by atoms with E-state index in [0.29, 0.717) is 5.39 Å². The Labute approximate surface area is 212 Å². The number of hydrogen-bond donors (Lipinski definition) is 1. The number of carbonyl (C=O) groups excluding carboxylic acids is 1. The molecule has 0 aliphatic heterocycles. The highest BCUT2D eigenvalue weighted by Gasteiger charge is 2.73. The van der Waals surface area contributed by atoms with Crippen molar-refractivity contribution in [3.63, 3.8) is 0 Å². The first-order valence-corrected chi connectivity index (χ1v) is 11.1. The molecule has 1 amide bonds. The number of aromatic nitrogens is 1. The molecule has 4 nitrogen and oxygen atoms in total. The van der Waals surface area contributed by atoms with Crippen LogP contribution < -0.4 is 5.06 Å². The number of thioether (sulfide) groups is 1. The molecule has 0 unspecified atom stereocenters. The van der Waals surface area contributed by atoms with Crippen molar-refractivity contribution in [2.45, 2.75) is 28.4 Å². The van der Waals surface area contributed by atoms with Gasteiger partial charge in [-0.15, -0.1) is 0 Å². The monoisotopic (exact) mass is 658 g/mol. The molecule has 1 N–H and O–H groups in total. The van der Waals surface area contributed by atoms with Gasteiger partial charge in [-0.2, -0.15) is 44.6 Å². The molecule has 0 saturated carbocycles. The lowest BCUT2D eigenvalue weighted by Gasteiger charge is -2.31. The fraction of sp³-hybridized carbons (Fsp3) is 0.200. The van der Waals surface area contributed by atoms with E-state index in [1.807, 2.05) is 0 Å². The van der Waals surface area contributed by atoms with Gasteiger partial charge in [0.25, 0.3) is 5.91 Å². The van der Waals surface area contributed by atoms with Gasteiger partial charge in [0, 0.05) is 31.2 Å². The molecular weight excluding hydrogens is 649 g/mol. The molecule has 0 fully saturated rings. The van der Waals surface area contributed by atoms with Crippen molar-refractivity contribution in [3.05, 3.63) is 63.4 Å². The maximum atomic E-state index is 14.5. The van der Waals surface area contributed by atoms with Crippen molar-refractivity contribution in [2.24, 2.45) is 0 Å². The van der Waals surface area contributed by atoms with E-state index in [1.54, 1.807) is 12.1 Å². The second kappa shape index (κ2) is 9.51. The van der Waals surface area contributed by atoms with Crippen molar-refractivity contribution in [1.29, 1.82) is 0 Å². The number of halogens is 11. The third kappa shape index (κ3) is 5.34. The summed E-state index contributed by atoms with van der Waals surface area (Å²) in [5.74, 6) is -1.38. The molecule has 1 heterocycles. The Morgan fingerprint density at radius 2 is 1.53 bits per heavy atom. The Bertz CT molecular complexity index is 1300. The smallest absolute Gasteiger partial charge is 0.281 e. The summed E-state index contributed by atoms with van der Waals surface area (Å²) >= 11 is -0.242. The summed E-state index contributed by atoms with van der Waals surface area (Å²) in [6, 6.07) is 6.47. The molecule has 16 heteroatoms. The Balaban J connectivity index is 2.19. The zero-order valence-electron chi connectivity index (χ0n) is 16.9. The SMILES string of the molecule is O=C(c1ccc2cccnc2c1)N(O)c1c(I)cc(C(F)(C(F)(F)F)C(F)(F)F)cc1SC(F)(F)F. The van der Waals surface area contributed by atoms with Crippen LogP contribution in [0.3, 0.4) is 0 Å². The Morgan fingerprint density at radius 1 is 0.917 bits per heavy atom. The summed E-state index contributed by atoms with van der Waals surface area (Å²) in [4.78, 5) is 15.3. The summed E-state index contributed by atoms with van der Waals surface area (Å²) in [5, 5.41) is 10.6. The van der Waals surface area contributed by atoms with Crippen molar-refractivity contribution < 1.29 is 53.9 Å². The van der Waals surface area contributed by atoms with Crippen LogP contribution in [-0.2, 0) is 5.67 Å². The number of amides is 1. The van der Waals surface area contributed by atoms with E-state index in [-0.39, 0.29) is 28.3 Å². The number of hydrogen-bond acceptors (Lipinski definition) is 4. The molecule has 0 atom stereocenters. The molecule has 1 aromatic heterocycles. The van der Waals surface area contributed by atoms with Gasteiger partial charge < -0.3 is 0 Å². The number of fused-ring (bicyclic) bond motifs is 1. The zero-order chi connectivity index (χ0) is 27.3. The van der Waals surface area contributed by atoms with Crippen molar-refractivity contribution in [3.8, 4) is 0 Å². The molecule has 0 saturated heterocycles. The second-order valence-electron chi connectivity index (χ2n) is 7.03. The van der Waals surface area contributed by atoms with Gasteiger partial charge in [0.15, 0.2) is 0 Å².